The van der Waals surface area contributed by atoms with Gasteiger partial charge in [0.05, 0.1) is 0 Å². The maximum atomic E-state index is 2.29. The quantitative estimate of drug-likeness (QED) is 0.668. The summed E-state index contributed by atoms with van der Waals surface area (Å²) in [4.78, 5) is 0. The van der Waals surface area contributed by atoms with Gasteiger partial charge in [-0.25, -0.2) is 0 Å². The number of benzene rings is 1. The minimum absolute atomic E-state index is 0.788. The summed E-state index contributed by atoms with van der Waals surface area (Å²) >= 11 is 2.09. The first-order valence-electron chi connectivity index (χ1n) is 4.58. The average molecular weight is 178 g/mol. The molecular weight excluding hydrogens is 164 g/mol. The largest absolute Gasteiger partial charge is 0.153 e. The van der Waals surface area contributed by atoms with Gasteiger partial charge in [0.15, 0.2) is 0 Å². The van der Waals surface area contributed by atoms with Gasteiger partial charge < -0.3 is 0 Å². The molecule has 0 aromatic heterocycles. The highest BCUT2D eigenvalue weighted by Crippen LogP contribution is 2.48. The van der Waals surface area contributed by atoms with Crippen molar-refractivity contribution in [3.8, 4) is 0 Å². The van der Waals surface area contributed by atoms with Crippen LogP contribution in [0.1, 0.15) is 24.2 Å². The van der Waals surface area contributed by atoms with Crippen LogP contribution in [0.4, 0.5) is 0 Å². The smallest absolute Gasteiger partial charge is 0.0333 e. The first-order chi connectivity index (χ1) is 5.92. The predicted molar refractivity (Wildman–Crippen MR) is 55.4 cm³/mol. The Labute approximate surface area is 78.4 Å². The first-order valence-corrected chi connectivity index (χ1v) is 5.63. The zero-order valence-corrected chi connectivity index (χ0v) is 8.18. The van der Waals surface area contributed by atoms with E-state index in [-0.39, 0.29) is 0 Å². The lowest BCUT2D eigenvalue weighted by Gasteiger charge is -2.35. The van der Waals surface area contributed by atoms with E-state index in [1.807, 2.05) is 0 Å². The fourth-order valence-electron chi connectivity index (χ4n) is 1.67. The molecule has 0 aliphatic carbocycles. The highest BCUT2D eigenvalue weighted by atomic mass is 32.2. The molecular formula is C11H14S. The Morgan fingerprint density at radius 2 is 2.08 bits per heavy atom. The summed E-state index contributed by atoms with van der Waals surface area (Å²) in [5.41, 5.74) is 1.51. The van der Waals surface area contributed by atoms with Crippen molar-refractivity contribution >= 4 is 11.8 Å². The highest BCUT2D eigenvalue weighted by molar-refractivity contribution is 8.00. The van der Waals surface area contributed by atoms with Crippen LogP contribution in [-0.2, 0) is 0 Å². The van der Waals surface area contributed by atoms with Crippen LogP contribution < -0.4 is 0 Å². The molecule has 1 aliphatic heterocycles. The summed E-state index contributed by atoms with van der Waals surface area (Å²) in [7, 11) is 0. The van der Waals surface area contributed by atoms with Crippen LogP contribution in [0.25, 0.3) is 0 Å². The number of thioether (sulfide) groups is 1. The van der Waals surface area contributed by atoms with E-state index in [0.29, 0.717) is 0 Å². The van der Waals surface area contributed by atoms with Gasteiger partial charge in [-0.2, -0.15) is 11.8 Å². The molecule has 12 heavy (non-hydrogen) atoms. The molecule has 1 fully saturated rings. The maximum absolute atomic E-state index is 2.29. The Morgan fingerprint density at radius 3 is 2.58 bits per heavy atom. The van der Waals surface area contributed by atoms with Crippen LogP contribution in [0, 0.1) is 5.92 Å². The maximum Gasteiger partial charge on any atom is 0.0333 e. The van der Waals surface area contributed by atoms with Crippen LogP contribution in [0.3, 0.4) is 0 Å². The van der Waals surface area contributed by atoms with Crippen molar-refractivity contribution in [1.82, 2.24) is 0 Å². The summed E-state index contributed by atoms with van der Waals surface area (Å²) in [5, 5.41) is 0.788. The minimum Gasteiger partial charge on any atom is -0.153 e. The summed E-state index contributed by atoms with van der Waals surface area (Å²) in [6.45, 7) is 2.29. The van der Waals surface area contributed by atoms with Crippen LogP contribution in [-0.4, -0.2) is 5.75 Å². The van der Waals surface area contributed by atoms with Crippen molar-refractivity contribution in [3.63, 3.8) is 0 Å². The molecule has 2 atom stereocenters. The fraction of sp³-hybridized carbons (Fsp3) is 0.455. The number of hydrogen-bond donors (Lipinski definition) is 0. The van der Waals surface area contributed by atoms with Gasteiger partial charge >= 0.3 is 0 Å². The molecule has 1 heteroatoms. The molecule has 64 valence electrons. The monoisotopic (exact) mass is 178 g/mol. The summed E-state index contributed by atoms with van der Waals surface area (Å²) in [5.74, 6) is 2.29. The standard InChI is InChI=1S/C11H14S/c1-2-9-8-12-11(9)10-6-4-3-5-7-10/h3-7,9,11H,2,8H2,1H3/t9-,11+/m1/s1. The second kappa shape index (κ2) is 3.53. The van der Waals surface area contributed by atoms with Gasteiger partial charge in [-0.3, -0.25) is 0 Å². The van der Waals surface area contributed by atoms with Crippen LogP contribution in [0.5, 0.6) is 0 Å². The van der Waals surface area contributed by atoms with Crippen LogP contribution >= 0.6 is 11.8 Å². The zero-order chi connectivity index (χ0) is 8.39. The second-order valence-corrected chi connectivity index (χ2v) is 4.51. The van der Waals surface area contributed by atoms with E-state index < -0.39 is 0 Å². The third-order valence-corrected chi connectivity index (χ3v) is 4.21. The molecule has 1 aromatic rings. The van der Waals surface area contributed by atoms with Crippen molar-refractivity contribution in [1.29, 1.82) is 0 Å². The van der Waals surface area contributed by atoms with Crippen molar-refractivity contribution in [2.45, 2.75) is 18.6 Å². The normalized spacial score (nSPS) is 28.1. The van der Waals surface area contributed by atoms with Crippen molar-refractivity contribution in [3.05, 3.63) is 35.9 Å². The molecule has 2 rings (SSSR count). The third kappa shape index (κ3) is 1.38. The second-order valence-electron chi connectivity index (χ2n) is 3.33. The van der Waals surface area contributed by atoms with Gasteiger partial charge in [0.1, 0.15) is 0 Å². The molecule has 0 radical (unpaired) electrons. The summed E-state index contributed by atoms with van der Waals surface area (Å²) in [6, 6.07) is 10.9. The summed E-state index contributed by atoms with van der Waals surface area (Å²) < 4.78 is 0. The molecule has 0 saturated carbocycles. The van der Waals surface area contributed by atoms with E-state index in [2.05, 4.69) is 49.0 Å². The average Bonchev–Trinajstić information content (AvgIpc) is 2.05. The molecule has 0 nitrogen and oxygen atoms in total. The van der Waals surface area contributed by atoms with Gasteiger partial charge in [-0.1, -0.05) is 43.7 Å². The first kappa shape index (κ1) is 8.18. The molecule has 0 amide bonds. The van der Waals surface area contributed by atoms with Crippen LogP contribution in [0.2, 0.25) is 0 Å². The Morgan fingerprint density at radius 1 is 1.33 bits per heavy atom. The van der Waals surface area contributed by atoms with Crippen molar-refractivity contribution in [2.75, 3.05) is 5.75 Å². The van der Waals surface area contributed by atoms with Gasteiger partial charge in [0, 0.05) is 5.25 Å². The number of rotatable bonds is 2. The Hall–Kier alpha value is -0.430. The van der Waals surface area contributed by atoms with E-state index in [0.717, 1.165) is 11.2 Å². The lowest BCUT2D eigenvalue weighted by atomic mass is 9.97. The van der Waals surface area contributed by atoms with Gasteiger partial charge in [-0.05, 0) is 17.2 Å². The summed E-state index contributed by atoms with van der Waals surface area (Å²) in [6.07, 6.45) is 1.33. The fourth-order valence-corrected chi connectivity index (χ4v) is 3.11. The van der Waals surface area contributed by atoms with E-state index in [1.54, 1.807) is 0 Å². The molecule has 1 saturated heterocycles. The molecule has 0 bridgehead atoms. The number of hydrogen-bond acceptors (Lipinski definition) is 1. The molecule has 0 spiro atoms. The lowest BCUT2D eigenvalue weighted by molar-refractivity contribution is 0.522. The molecule has 1 aromatic carbocycles. The van der Waals surface area contributed by atoms with Gasteiger partial charge in [-0.15, -0.1) is 0 Å². The zero-order valence-electron chi connectivity index (χ0n) is 7.36. The van der Waals surface area contributed by atoms with E-state index in [9.17, 15) is 0 Å². The molecule has 1 heterocycles. The third-order valence-electron chi connectivity index (χ3n) is 2.57. The van der Waals surface area contributed by atoms with Crippen molar-refractivity contribution < 1.29 is 0 Å². The van der Waals surface area contributed by atoms with E-state index in [1.165, 1.54) is 17.7 Å². The van der Waals surface area contributed by atoms with Gasteiger partial charge in [0.25, 0.3) is 0 Å². The van der Waals surface area contributed by atoms with Crippen molar-refractivity contribution in [2.24, 2.45) is 5.92 Å². The lowest BCUT2D eigenvalue weighted by Crippen LogP contribution is -2.22. The van der Waals surface area contributed by atoms with Gasteiger partial charge in [0.2, 0.25) is 0 Å². The Bertz CT molecular complexity index is 240. The van der Waals surface area contributed by atoms with Crippen LogP contribution in [0.15, 0.2) is 30.3 Å². The SMILES string of the molecule is CC[C@@H]1CS[C@@H]1c1ccccc1. The topological polar surface area (TPSA) is 0 Å². The predicted octanol–water partition coefficient (Wildman–Crippen LogP) is 3.50. The molecule has 1 aliphatic rings. The van der Waals surface area contributed by atoms with E-state index >= 15 is 0 Å². The Kier molecular flexibility index (Phi) is 2.40. The molecule has 0 N–H and O–H groups in total. The van der Waals surface area contributed by atoms with E-state index in [4.69, 9.17) is 0 Å². The highest BCUT2D eigenvalue weighted by Gasteiger charge is 2.30. The minimum atomic E-state index is 0.788. The molecule has 0 unspecified atom stereocenters. The Balaban J connectivity index is 2.11.